The largest absolute Gasteiger partial charge is 0.511 e. The molecule has 0 radical (unpaired) electrons. The number of ether oxygens (including phenoxy) is 1. The Hall–Kier alpha value is -1.23. The van der Waals surface area contributed by atoms with Crippen LogP contribution in [0.1, 0.15) is 27.7 Å². The fourth-order valence-electron chi connectivity index (χ4n) is 1.05. The van der Waals surface area contributed by atoms with Gasteiger partial charge in [-0.25, -0.2) is 4.79 Å². The molecule has 0 unspecified atom stereocenters. The van der Waals surface area contributed by atoms with Crippen LogP contribution in [0.5, 0.6) is 0 Å². The van der Waals surface area contributed by atoms with Crippen molar-refractivity contribution in [2.45, 2.75) is 39.3 Å². The van der Waals surface area contributed by atoms with Crippen molar-refractivity contribution >= 4 is 6.09 Å². The van der Waals surface area contributed by atoms with Crippen LogP contribution in [-0.2, 0) is 4.74 Å². The highest BCUT2D eigenvalue weighted by Gasteiger charge is 2.17. The number of alkyl carbamates (subject to hydrolysis) is 1. The number of aliphatic hydroxyl groups is 1. The average molecular weight is 230 g/mol. The molecule has 94 valence electrons. The molecule has 0 spiro atoms. The summed E-state index contributed by atoms with van der Waals surface area (Å²) in [6.45, 7) is 11.6. The molecule has 0 bridgehead atoms. The number of likely N-dealkylation sites (N-methyl/N-ethyl adjacent to an activating group) is 1. The molecule has 0 aromatic rings. The van der Waals surface area contributed by atoms with E-state index in [-0.39, 0.29) is 18.3 Å². The van der Waals surface area contributed by atoms with Gasteiger partial charge in [0.1, 0.15) is 11.4 Å². The molecule has 0 aliphatic carbocycles. The first-order chi connectivity index (χ1) is 7.26. The molecule has 1 amide bonds. The van der Waals surface area contributed by atoms with Crippen LogP contribution in [0.15, 0.2) is 12.3 Å². The molecule has 0 aromatic carbocycles. The predicted molar refractivity (Wildman–Crippen MR) is 63.5 cm³/mol. The molecule has 0 aliphatic rings. The Morgan fingerprint density at radius 2 is 2.06 bits per heavy atom. The van der Waals surface area contributed by atoms with E-state index in [4.69, 9.17) is 4.74 Å². The Labute approximate surface area is 96.9 Å². The molecule has 16 heavy (non-hydrogen) atoms. The Morgan fingerprint density at radius 1 is 1.50 bits per heavy atom. The number of aliphatic hydroxyl groups excluding tert-OH is 1. The van der Waals surface area contributed by atoms with Crippen LogP contribution in [0.2, 0.25) is 0 Å². The first-order valence-corrected chi connectivity index (χ1v) is 5.34. The van der Waals surface area contributed by atoms with Gasteiger partial charge in [0.25, 0.3) is 0 Å². The van der Waals surface area contributed by atoms with Crippen LogP contribution in [0.3, 0.4) is 0 Å². The van der Waals surface area contributed by atoms with Crippen LogP contribution in [0, 0.1) is 0 Å². The van der Waals surface area contributed by atoms with Gasteiger partial charge in [-0.3, -0.25) is 0 Å². The number of nitrogens with one attached hydrogen (secondary N) is 2. The van der Waals surface area contributed by atoms with E-state index in [2.05, 4.69) is 17.2 Å². The molecule has 0 fully saturated rings. The molecule has 0 aliphatic heterocycles. The van der Waals surface area contributed by atoms with E-state index in [0.717, 1.165) is 0 Å². The molecule has 0 saturated heterocycles. The summed E-state index contributed by atoms with van der Waals surface area (Å²) in [5, 5.41) is 14.8. The third-order valence-electron chi connectivity index (χ3n) is 1.70. The Balaban J connectivity index is 4.01. The number of carbonyl (C=O) groups is 1. The summed E-state index contributed by atoms with van der Waals surface area (Å²) in [6.07, 6.45) is -0.503. The summed E-state index contributed by atoms with van der Waals surface area (Å²) >= 11 is 0. The third-order valence-corrected chi connectivity index (χ3v) is 1.70. The summed E-state index contributed by atoms with van der Waals surface area (Å²) in [4.78, 5) is 11.3. The lowest BCUT2D eigenvalue weighted by molar-refractivity contribution is 0.0522. The monoisotopic (exact) mass is 230 g/mol. The van der Waals surface area contributed by atoms with Gasteiger partial charge in [-0.2, -0.15) is 0 Å². The van der Waals surface area contributed by atoms with E-state index in [1.54, 1.807) is 20.8 Å². The highest BCUT2D eigenvalue weighted by Crippen LogP contribution is 2.06. The zero-order valence-electron chi connectivity index (χ0n) is 10.5. The van der Waals surface area contributed by atoms with Crippen molar-refractivity contribution in [2.75, 3.05) is 13.1 Å². The van der Waals surface area contributed by atoms with Gasteiger partial charge < -0.3 is 20.5 Å². The van der Waals surface area contributed by atoms with E-state index in [1.165, 1.54) is 0 Å². The van der Waals surface area contributed by atoms with Crippen molar-refractivity contribution in [3.63, 3.8) is 0 Å². The molecule has 0 heterocycles. The summed E-state index contributed by atoms with van der Waals surface area (Å²) in [7, 11) is 0. The zero-order valence-corrected chi connectivity index (χ0v) is 10.5. The maximum absolute atomic E-state index is 11.3. The van der Waals surface area contributed by atoms with Gasteiger partial charge in [0.2, 0.25) is 0 Å². The molecule has 1 atom stereocenters. The lowest BCUT2D eigenvalue weighted by Gasteiger charge is -2.21. The highest BCUT2D eigenvalue weighted by molar-refractivity contribution is 5.67. The summed E-state index contributed by atoms with van der Waals surface area (Å²) in [6, 6.07) is -0.350. The smallest absolute Gasteiger partial charge is 0.407 e. The summed E-state index contributed by atoms with van der Waals surface area (Å²) in [5.41, 5.74) is -0.520. The standard InChI is InChI=1S/C11H22N2O3/c1-6-12-9(8(2)14)7-13-10(15)16-11(3,4)5/h9,12,14H,2,6-7H2,1,3-5H3,(H,13,15)/t9-/m0/s1. The van der Waals surface area contributed by atoms with E-state index in [0.29, 0.717) is 6.54 Å². The van der Waals surface area contributed by atoms with Crippen LogP contribution in [-0.4, -0.2) is 35.9 Å². The maximum Gasteiger partial charge on any atom is 0.407 e. The summed E-state index contributed by atoms with van der Waals surface area (Å²) < 4.78 is 5.06. The third kappa shape index (κ3) is 7.11. The van der Waals surface area contributed by atoms with Crippen LogP contribution in [0.25, 0.3) is 0 Å². The Morgan fingerprint density at radius 3 is 2.44 bits per heavy atom. The van der Waals surface area contributed by atoms with Gasteiger partial charge >= 0.3 is 6.09 Å². The van der Waals surface area contributed by atoms with Crippen molar-refractivity contribution in [3.05, 3.63) is 12.3 Å². The minimum Gasteiger partial charge on any atom is -0.511 e. The average Bonchev–Trinajstić information content (AvgIpc) is 2.08. The van der Waals surface area contributed by atoms with Gasteiger partial charge in [-0.05, 0) is 27.3 Å². The molecule has 5 nitrogen and oxygen atoms in total. The molecule has 5 heteroatoms. The van der Waals surface area contributed by atoms with Gasteiger partial charge in [-0.15, -0.1) is 0 Å². The van der Waals surface area contributed by atoms with Gasteiger partial charge in [0, 0.05) is 6.54 Å². The molecule has 0 rings (SSSR count). The normalized spacial score (nSPS) is 13.0. The predicted octanol–water partition coefficient (Wildman–Crippen LogP) is 1.56. The number of carbonyl (C=O) groups excluding carboxylic acids is 1. The van der Waals surface area contributed by atoms with E-state index in [9.17, 15) is 9.90 Å². The molecular weight excluding hydrogens is 208 g/mol. The van der Waals surface area contributed by atoms with Crippen molar-refractivity contribution in [1.29, 1.82) is 0 Å². The molecule has 3 N–H and O–H groups in total. The second-order valence-electron chi connectivity index (χ2n) is 4.48. The first-order valence-electron chi connectivity index (χ1n) is 5.34. The quantitative estimate of drug-likeness (QED) is 0.627. The summed E-state index contributed by atoms with van der Waals surface area (Å²) in [5.74, 6) is -0.00194. The lowest BCUT2D eigenvalue weighted by atomic mass is 10.2. The highest BCUT2D eigenvalue weighted by atomic mass is 16.6. The van der Waals surface area contributed by atoms with Crippen molar-refractivity contribution in [1.82, 2.24) is 10.6 Å². The number of rotatable bonds is 5. The first kappa shape index (κ1) is 14.8. The van der Waals surface area contributed by atoms with E-state index < -0.39 is 11.7 Å². The van der Waals surface area contributed by atoms with E-state index >= 15 is 0 Å². The maximum atomic E-state index is 11.3. The van der Waals surface area contributed by atoms with Crippen molar-refractivity contribution < 1.29 is 14.6 Å². The second kappa shape index (κ2) is 6.37. The van der Waals surface area contributed by atoms with Gasteiger partial charge in [-0.1, -0.05) is 13.5 Å². The molecule has 0 aromatic heterocycles. The van der Waals surface area contributed by atoms with Gasteiger partial charge in [0.05, 0.1) is 6.04 Å². The van der Waals surface area contributed by atoms with Crippen LogP contribution < -0.4 is 10.6 Å². The van der Waals surface area contributed by atoms with E-state index in [1.807, 2.05) is 6.92 Å². The van der Waals surface area contributed by atoms with Gasteiger partial charge in [0.15, 0.2) is 0 Å². The number of hydrogen-bond acceptors (Lipinski definition) is 4. The molecule has 0 saturated carbocycles. The molecular formula is C11H22N2O3. The Bertz CT molecular complexity index is 246. The fourth-order valence-corrected chi connectivity index (χ4v) is 1.05. The second-order valence-corrected chi connectivity index (χ2v) is 4.48. The SMILES string of the molecule is C=C(O)[C@H](CNC(=O)OC(C)(C)C)NCC. The zero-order chi connectivity index (χ0) is 12.8. The number of amides is 1. The number of hydrogen-bond donors (Lipinski definition) is 3. The van der Waals surface area contributed by atoms with Crippen LogP contribution >= 0.6 is 0 Å². The topological polar surface area (TPSA) is 70.6 Å². The van der Waals surface area contributed by atoms with Crippen LogP contribution in [0.4, 0.5) is 4.79 Å². The lowest BCUT2D eigenvalue weighted by Crippen LogP contribution is -2.43. The van der Waals surface area contributed by atoms with Crippen molar-refractivity contribution in [3.8, 4) is 0 Å². The Kier molecular flexibility index (Phi) is 5.88. The minimum absolute atomic E-state index is 0.00194. The minimum atomic E-state index is -0.520. The fraction of sp³-hybridized carbons (Fsp3) is 0.727. The van der Waals surface area contributed by atoms with Crippen molar-refractivity contribution in [2.24, 2.45) is 0 Å².